The minimum atomic E-state index is 0.439. The molecule has 0 aliphatic heterocycles. The van der Waals surface area contributed by atoms with Gasteiger partial charge in [0.1, 0.15) is 0 Å². The highest BCUT2D eigenvalue weighted by atomic mass is 15.1. The molecule has 17 heavy (non-hydrogen) atoms. The summed E-state index contributed by atoms with van der Waals surface area (Å²) in [6, 6.07) is 2.05. The van der Waals surface area contributed by atoms with Gasteiger partial charge in [-0.15, -0.1) is 0 Å². The smallest absolute Gasteiger partial charge is 0.223 e. The Morgan fingerprint density at radius 1 is 1.24 bits per heavy atom. The second kappa shape index (κ2) is 7.22. The van der Waals surface area contributed by atoms with Gasteiger partial charge in [0.25, 0.3) is 0 Å². The second-order valence-corrected chi connectivity index (χ2v) is 4.69. The SMILES string of the molecule is Cc1cc(C(C)C)nc(NCCCCCN)n1. The zero-order chi connectivity index (χ0) is 12.7. The molecule has 0 aliphatic carbocycles. The highest BCUT2D eigenvalue weighted by Crippen LogP contribution is 2.14. The summed E-state index contributed by atoms with van der Waals surface area (Å²) in [7, 11) is 0. The van der Waals surface area contributed by atoms with Gasteiger partial charge < -0.3 is 11.1 Å². The molecule has 96 valence electrons. The van der Waals surface area contributed by atoms with E-state index in [9.17, 15) is 0 Å². The molecule has 0 aromatic carbocycles. The summed E-state index contributed by atoms with van der Waals surface area (Å²) in [4.78, 5) is 8.89. The quantitative estimate of drug-likeness (QED) is 0.714. The lowest BCUT2D eigenvalue weighted by Gasteiger charge is -2.09. The molecule has 0 unspecified atom stereocenters. The molecule has 1 heterocycles. The van der Waals surface area contributed by atoms with E-state index < -0.39 is 0 Å². The van der Waals surface area contributed by atoms with Crippen molar-refractivity contribution < 1.29 is 0 Å². The Labute approximate surface area is 104 Å². The molecule has 0 saturated heterocycles. The van der Waals surface area contributed by atoms with Crippen LogP contribution < -0.4 is 11.1 Å². The van der Waals surface area contributed by atoms with Gasteiger partial charge in [0.15, 0.2) is 0 Å². The molecule has 0 atom stereocenters. The number of aromatic nitrogens is 2. The third-order valence-electron chi connectivity index (χ3n) is 2.63. The molecule has 4 nitrogen and oxygen atoms in total. The Morgan fingerprint density at radius 2 is 2.00 bits per heavy atom. The van der Waals surface area contributed by atoms with Gasteiger partial charge in [-0.2, -0.15) is 0 Å². The number of nitrogens with one attached hydrogen (secondary N) is 1. The lowest BCUT2D eigenvalue weighted by molar-refractivity contribution is 0.703. The summed E-state index contributed by atoms with van der Waals surface area (Å²) in [6.07, 6.45) is 3.37. The monoisotopic (exact) mass is 236 g/mol. The number of nitrogens with zero attached hydrogens (tertiary/aromatic N) is 2. The van der Waals surface area contributed by atoms with Crippen LogP contribution in [-0.4, -0.2) is 23.1 Å². The maximum Gasteiger partial charge on any atom is 0.223 e. The predicted molar refractivity (Wildman–Crippen MR) is 72.3 cm³/mol. The Bertz CT molecular complexity index is 336. The van der Waals surface area contributed by atoms with Crippen LogP contribution in [0.25, 0.3) is 0 Å². The highest BCUT2D eigenvalue weighted by molar-refractivity contribution is 5.28. The van der Waals surface area contributed by atoms with Gasteiger partial charge in [-0.05, 0) is 38.3 Å². The summed E-state index contributed by atoms with van der Waals surface area (Å²) >= 11 is 0. The van der Waals surface area contributed by atoms with E-state index in [4.69, 9.17) is 5.73 Å². The van der Waals surface area contributed by atoms with Crippen LogP contribution in [0.1, 0.15) is 50.4 Å². The number of unbranched alkanes of at least 4 members (excludes halogenated alkanes) is 2. The van der Waals surface area contributed by atoms with Crippen LogP contribution in [0.4, 0.5) is 5.95 Å². The number of nitrogens with two attached hydrogens (primary N) is 1. The summed E-state index contributed by atoms with van der Waals surface area (Å²) in [5.74, 6) is 1.19. The van der Waals surface area contributed by atoms with Crippen LogP contribution in [0.5, 0.6) is 0 Å². The molecule has 0 fully saturated rings. The number of hydrogen-bond donors (Lipinski definition) is 2. The zero-order valence-electron chi connectivity index (χ0n) is 11.2. The van der Waals surface area contributed by atoms with Crippen LogP contribution >= 0.6 is 0 Å². The molecule has 0 bridgehead atoms. The molecule has 0 spiro atoms. The second-order valence-electron chi connectivity index (χ2n) is 4.69. The summed E-state index contributed by atoms with van der Waals surface area (Å²) in [5.41, 5.74) is 7.57. The Balaban J connectivity index is 2.47. The maximum atomic E-state index is 5.45. The zero-order valence-corrected chi connectivity index (χ0v) is 11.2. The number of hydrogen-bond acceptors (Lipinski definition) is 4. The van der Waals surface area contributed by atoms with E-state index in [0.717, 1.165) is 49.7 Å². The summed E-state index contributed by atoms with van der Waals surface area (Å²) < 4.78 is 0. The van der Waals surface area contributed by atoms with Crippen LogP contribution in [0.3, 0.4) is 0 Å². The highest BCUT2D eigenvalue weighted by Gasteiger charge is 2.05. The van der Waals surface area contributed by atoms with E-state index >= 15 is 0 Å². The van der Waals surface area contributed by atoms with Gasteiger partial charge in [-0.1, -0.05) is 20.3 Å². The fourth-order valence-corrected chi connectivity index (χ4v) is 1.61. The number of rotatable bonds is 7. The number of anilines is 1. The maximum absolute atomic E-state index is 5.45. The first kappa shape index (κ1) is 13.9. The van der Waals surface area contributed by atoms with Crippen LogP contribution in [0.15, 0.2) is 6.07 Å². The van der Waals surface area contributed by atoms with Crippen LogP contribution in [0, 0.1) is 6.92 Å². The standard InChI is InChI=1S/C13H24N4/c1-10(2)12-9-11(3)16-13(17-12)15-8-6-4-5-7-14/h9-10H,4-8,14H2,1-3H3,(H,15,16,17). The Morgan fingerprint density at radius 3 is 2.65 bits per heavy atom. The third kappa shape index (κ3) is 5.13. The fraction of sp³-hybridized carbons (Fsp3) is 0.692. The normalized spacial score (nSPS) is 10.9. The van der Waals surface area contributed by atoms with E-state index in [0.29, 0.717) is 5.92 Å². The van der Waals surface area contributed by atoms with Crippen molar-refractivity contribution in [3.63, 3.8) is 0 Å². The average Bonchev–Trinajstić information content (AvgIpc) is 2.28. The first-order chi connectivity index (χ1) is 8.13. The largest absolute Gasteiger partial charge is 0.354 e. The van der Waals surface area contributed by atoms with Crippen molar-refractivity contribution >= 4 is 5.95 Å². The molecule has 3 N–H and O–H groups in total. The topological polar surface area (TPSA) is 63.8 Å². The van der Waals surface area contributed by atoms with Gasteiger partial charge in [0, 0.05) is 17.9 Å². The Kier molecular flexibility index (Phi) is 5.91. The van der Waals surface area contributed by atoms with Gasteiger partial charge in [-0.3, -0.25) is 0 Å². The van der Waals surface area contributed by atoms with E-state index in [-0.39, 0.29) is 0 Å². The predicted octanol–water partition coefficient (Wildman–Crippen LogP) is 2.45. The average molecular weight is 236 g/mol. The van der Waals surface area contributed by atoms with E-state index in [2.05, 4.69) is 29.1 Å². The van der Waals surface area contributed by atoms with Crippen LogP contribution in [0.2, 0.25) is 0 Å². The molecule has 0 radical (unpaired) electrons. The molecule has 1 aromatic rings. The lowest BCUT2D eigenvalue weighted by atomic mass is 10.1. The van der Waals surface area contributed by atoms with Crippen molar-refractivity contribution in [1.82, 2.24) is 9.97 Å². The van der Waals surface area contributed by atoms with Crippen molar-refractivity contribution in [2.45, 2.75) is 46.0 Å². The summed E-state index contributed by atoms with van der Waals surface area (Å²) in [6.45, 7) is 7.99. The van der Waals surface area contributed by atoms with Crippen LogP contribution in [-0.2, 0) is 0 Å². The third-order valence-corrected chi connectivity index (χ3v) is 2.63. The van der Waals surface area contributed by atoms with Crippen molar-refractivity contribution in [2.75, 3.05) is 18.4 Å². The van der Waals surface area contributed by atoms with E-state index in [1.165, 1.54) is 0 Å². The first-order valence-corrected chi connectivity index (χ1v) is 6.43. The van der Waals surface area contributed by atoms with Crippen molar-refractivity contribution in [3.8, 4) is 0 Å². The molecule has 0 amide bonds. The van der Waals surface area contributed by atoms with Gasteiger partial charge in [-0.25, -0.2) is 9.97 Å². The Hall–Kier alpha value is -1.16. The lowest BCUT2D eigenvalue weighted by Crippen LogP contribution is -2.09. The molecular formula is C13H24N4. The molecule has 1 aromatic heterocycles. The van der Waals surface area contributed by atoms with Crippen molar-refractivity contribution in [3.05, 3.63) is 17.5 Å². The molecule has 0 saturated carbocycles. The minimum Gasteiger partial charge on any atom is -0.354 e. The summed E-state index contributed by atoms with van der Waals surface area (Å²) in [5, 5.41) is 3.28. The van der Waals surface area contributed by atoms with Crippen molar-refractivity contribution in [1.29, 1.82) is 0 Å². The fourth-order valence-electron chi connectivity index (χ4n) is 1.61. The minimum absolute atomic E-state index is 0.439. The van der Waals surface area contributed by atoms with Gasteiger partial charge in [0.05, 0.1) is 0 Å². The molecule has 0 aliphatic rings. The van der Waals surface area contributed by atoms with E-state index in [1.54, 1.807) is 0 Å². The van der Waals surface area contributed by atoms with Gasteiger partial charge >= 0.3 is 0 Å². The molecule has 1 rings (SSSR count). The number of aryl methyl sites for hydroxylation is 1. The molecule has 4 heteroatoms. The van der Waals surface area contributed by atoms with E-state index in [1.807, 2.05) is 13.0 Å². The van der Waals surface area contributed by atoms with Crippen molar-refractivity contribution in [2.24, 2.45) is 5.73 Å². The van der Waals surface area contributed by atoms with Gasteiger partial charge in [0.2, 0.25) is 5.95 Å². The molecular weight excluding hydrogens is 212 g/mol. The first-order valence-electron chi connectivity index (χ1n) is 6.43.